The van der Waals surface area contributed by atoms with E-state index in [2.05, 4.69) is 5.32 Å². The highest BCUT2D eigenvalue weighted by molar-refractivity contribution is 5.41. The number of nitrogens with one attached hydrogen (secondary N) is 1. The summed E-state index contributed by atoms with van der Waals surface area (Å²) in [6, 6.07) is 17.0. The SMILES string of the molecule is CCNC(Cc1ccccc1[N+](=O)[O-])c1ccccc1. The Kier molecular flexibility index (Phi) is 4.85. The van der Waals surface area contributed by atoms with Gasteiger partial charge in [-0.05, 0) is 18.5 Å². The highest BCUT2D eigenvalue weighted by atomic mass is 16.6. The van der Waals surface area contributed by atoms with Crippen molar-refractivity contribution in [3.05, 3.63) is 75.8 Å². The lowest BCUT2D eigenvalue weighted by molar-refractivity contribution is -0.385. The normalized spacial score (nSPS) is 12.1. The molecule has 0 fully saturated rings. The molecule has 0 heterocycles. The zero-order valence-corrected chi connectivity index (χ0v) is 11.5. The van der Waals surface area contributed by atoms with Crippen LogP contribution in [0.5, 0.6) is 0 Å². The summed E-state index contributed by atoms with van der Waals surface area (Å²) in [5.74, 6) is 0. The Bertz CT molecular complexity index is 570. The van der Waals surface area contributed by atoms with Crippen LogP contribution in [-0.2, 0) is 6.42 Å². The predicted molar refractivity (Wildman–Crippen MR) is 79.7 cm³/mol. The molecule has 104 valence electrons. The number of hydrogen-bond donors (Lipinski definition) is 1. The molecule has 0 saturated carbocycles. The number of nitro groups is 1. The summed E-state index contributed by atoms with van der Waals surface area (Å²) in [7, 11) is 0. The Morgan fingerprint density at radius 2 is 1.75 bits per heavy atom. The first-order valence-corrected chi connectivity index (χ1v) is 6.73. The molecule has 1 N–H and O–H groups in total. The van der Waals surface area contributed by atoms with Crippen molar-refractivity contribution >= 4 is 5.69 Å². The van der Waals surface area contributed by atoms with E-state index < -0.39 is 0 Å². The summed E-state index contributed by atoms with van der Waals surface area (Å²) in [6.45, 7) is 2.86. The van der Waals surface area contributed by atoms with Crippen LogP contribution in [0.3, 0.4) is 0 Å². The maximum Gasteiger partial charge on any atom is 0.272 e. The van der Waals surface area contributed by atoms with Crippen molar-refractivity contribution in [3.8, 4) is 0 Å². The minimum Gasteiger partial charge on any atom is -0.310 e. The van der Waals surface area contributed by atoms with Crippen molar-refractivity contribution in [3.63, 3.8) is 0 Å². The van der Waals surface area contributed by atoms with E-state index in [-0.39, 0.29) is 16.7 Å². The molecule has 2 aromatic carbocycles. The lowest BCUT2D eigenvalue weighted by atomic mass is 9.98. The minimum absolute atomic E-state index is 0.0855. The Morgan fingerprint density at radius 1 is 1.10 bits per heavy atom. The molecule has 0 saturated heterocycles. The van der Waals surface area contributed by atoms with Crippen LogP contribution in [-0.4, -0.2) is 11.5 Å². The molecule has 0 aliphatic heterocycles. The number of benzene rings is 2. The molecule has 0 bridgehead atoms. The van der Waals surface area contributed by atoms with Crippen molar-refractivity contribution in [2.24, 2.45) is 0 Å². The number of rotatable bonds is 6. The summed E-state index contributed by atoms with van der Waals surface area (Å²) in [6.07, 6.45) is 0.606. The lowest BCUT2D eigenvalue weighted by Crippen LogP contribution is -2.23. The Hall–Kier alpha value is -2.20. The van der Waals surface area contributed by atoms with Crippen molar-refractivity contribution in [2.75, 3.05) is 6.54 Å². The van der Waals surface area contributed by atoms with Crippen LogP contribution in [0.1, 0.15) is 24.1 Å². The second-order valence-electron chi connectivity index (χ2n) is 4.61. The topological polar surface area (TPSA) is 55.2 Å². The van der Waals surface area contributed by atoms with Crippen LogP contribution in [0.2, 0.25) is 0 Å². The van der Waals surface area contributed by atoms with Gasteiger partial charge in [-0.15, -0.1) is 0 Å². The van der Waals surface area contributed by atoms with E-state index >= 15 is 0 Å². The zero-order chi connectivity index (χ0) is 14.4. The number of hydrogen-bond acceptors (Lipinski definition) is 3. The third-order valence-electron chi connectivity index (χ3n) is 3.26. The Morgan fingerprint density at radius 3 is 2.40 bits per heavy atom. The molecule has 0 spiro atoms. The van der Waals surface area contributed by atoms with Gasteiger partial charge in [0, 0.05) is 17.7 Å². The van der Waals surface area contributed by atoms with Crippen molar-refractivity contribution in [2.45, 2.75) is 19.4 Å². The molecule has 0 aliphatic carbocycles. The molecule has 0 radical (unpaired) electrons. The molecule has 0 amide bonds. The first-order valence-electron chi connectivity index (χ1n) is 6.73. The lowest BCUT2D eigenvalue weighted by Gasteiger charge is -2.18. The van der Waals surface area contributed by atoms with Gasteiger partial charge in [-0.3, -0.25) is 10.1 Å². The van der Waals surface area contributed by atoms with E-state index in [0.717, 1.165) is 17.7 Å². The highest BCUT2D eigenvalue weighted by Crippen LogP contribution is 2.24. The third-order valence-corrected chi connectivity index (χ3v) is 3.26. The smallest absolute Gasteiger partial charge is 0.272 e. The van der Waals surface area contributed by atoms with Gasteiger partial charge in [0.2, 0.25) is 0 Å². The summed E-state index contributed by atoms with van der Waals surface area (Å²) >= 11 is 0. The molecule has 2 aromatic rings. The second-order valence-corrected chi connectivity index (χ2v) is 4.61. The minimum atomic E-state index is -0.316. The number of nitro benzene ring substituents is 1. The third kappa shape index (κ3) is 3.42. The van der Waals surface area contributed by atoms with Crippen LogP contribution in [0, 0.1) is 10.1 Å². The van der Waals surface area contributed by atoms with Gasteiger partial charge in [-0.2, -0.15) is 0 Å². The fourth-order valence-corrected chi connectivity index (χ4v) is 2.32. The second kappa shape index (κ2) is 6.82. The molecular formula is C16H18N2O2. The van der Waals surface area contributed by atoms with Crippen molar-refractivity contribution < 1.29 is 4.92 Å². The Labute approximate surface area is 118 Å². The largest absolute Gasteiger partial charge is 0.310 e. The van der Waals surface area contributed by atoms with Crippen LogP contribution >= 0.6 is 0 Å². The van der Waals surface area contributed by atoms with Gasteiger partial charge in [0.15, 0.2) is 0 Å². The van der Waals surface area contributed by atoms with Gasteiger partial charge >= 0.3 is 0 Å². The molecule has 0 aliphatic rings. The molecule has 1 unspecified atom stereocenters. The van der Waals surface area contributed by atoms with Gasteiger partial charge in [-0.25, -0.2) is 0 Å². The van der Waals surface area contributed by atoms with Crippen LogP contribution in [0.15, 0.2) is 54.6 Å². The number of para-hydroxylation sites is 1. The molecule has 4 nitrogen and oxygen atoms in total. The van der Waals surface area contributed by atoms with E-state index in [1.165, 1.54) is 0 Å². The van der Waals surface area contributed by atoms with E-state index in [9.17, 15) is 10.1 Å². The average molecular weight is 270 g/mol. The summed E-state index contributed by atoms with van der Waals surface area (Å²) in [5.41, 5.74) is 2.09. The zero-order valence-electron chi connectivity index (χ0n) is 11.5. The molecule has 2 rings (SSSR count). The maximum absolute atomic E-state index is 11.1. The first kappa shape index (κ1) is 14.2. The summed E-state index contributed by atoms with van der Waals surface area (Å²) < 4.78 is 0. The Balaban J connectivity index is 2.27. The van der Waals surface area contributed by atoms with Crippen LogP contribution in [0.4, 0.5) is 5.69 Å². The number of likely N-dealkylation sites (N-methyl/N-ethyl adjacent to an activating group) is 1. The molecule has 4 heteroatoms. The fourth-order valence-electron chi connectivity index (χ4n) is 2.32. The maximum atomic E-state index is 11.1. The van der Waals surface area contributed by atoms with Crippen molar-refractivity contribution in [1.82, 2.24) is 5.32 Å². The standard InChI is InChI=1S/C16H18N2O2/c1-2-17-15(13-8-4-3-5-9-13)12-14-10-6-7-11-16(14)18(19)20/h3-11,15,17H,2,12H2,1H3. The van der Waals surface area contributed by atoms with Crippen molar-refractivity contribution in [1.29, 1.82) is 0 Å². The van der Waals surface area contributed by atoms with Gasteiger partial charge in [0.25, 0.3) is 5.69 Å². The fraction of sp³-hybridized carbons (Fsp3) is 0.250. The predicted octanol–water partition coefficient (Wildman–Crippen LogP) is 3.49. The molecule has 1 atom stereocenters. The van der Waals surface area contributed by atoms with Gasteiger partial charge < -0.3 is 5.32 Å². The summed E-state index contributed by atoms with van der Waals surface area (Å²) in [4.78, 5) is 10.8. The van der Waals surface area contributed by atoms with Gasteiger partial charge in [-0.1, -0.05) is 55.5 Å². The average Bonchev–Trinajstić information content (AvgIpc) is 2.48. The van der Waals surface area contributed by atoms with E-state index in [4.69, 9.17) is 0 Å². The van der Waals surface area contributed by atoms with Crippen LogP contribution in [0.25, 0.3) is 0 Å². The monoisotopic (exact) mass is 270 g/mol. The van der Waals surface area contributed by atoms with Crippen LogP contribution < -0.4 is 5.32 Å². The molecule has 20 heavy (non-hydrogen) atoms. The van der Waals surface area contributed by atoms with Gasteiger partial charge in [0.1, 0.15) is 0 Å². The van der Waals surface area contributed by atoms with E-state index in [1.54, 1.807) is 12.1 Å². The summed E-state index contributed by atoms with van der Waals surface area (Å²) in [5, 5.41) is 14.5. The van der Waals surface area contributed by atoms with E-state index in [0.29, 0.717) is 6.42 Å². The number of nitrogens with zero attached hydrogens (tertiary/aromatic N) is 1. The molecular weight excluding hydrogens is 252 g/mol. The van der Waals surface area contributed by atoms with E-state index in [1.807, 2.05) is 49.4 Å². The first-order chi connectivity index (χ1) is 9.72. The molecule has 0 aromatic heterocycles. The van der Waals surface area contributed by atoms with Gasteiger partial charge in [0.05, 0.1) is 4.92 Å². The highest BCUT2D eigenvalue weighted by Gasteiger charge is 2.17. The quantitative estimate of drug-likeness (QED) is 0.645.